The Labute approximate surface area is 110 Å². The van der Waals surface area contributed by atoms with Crippen molar-refractivity contribution in [1.82, 2.24) is 10.3 Å². The van der Waals surface area contributed by atoms with Crippen molar-refractivity contribution in [3.8, 4) is 0 Å². The van der Waals surface area contributed by atoms with E-state index in [2.05, 4.69) is 10.3 Å². The Kier molecular flexibility index (Phi) is 4.84. The van der Waals surface area contributed by atoms with E-state index >= 15 is 0 Å². The summed E-state index contributed by atoms with van der Waals surface area (Å²) in [6.45, 7) is 7.45. The third kappa shape index (κ3) is 3.80. The fraction of sp³-hybridized carbons (Fsp3) is 0.583. The van der Waals surface area contributed by atoms with Gasteiger partial charge >= 0.3 is 5.97 Å². The summed E-state index contributed by atoms with van der Waals surface area (Å²) in [5.41, 5.74) is 0.326. The van der Waals surface area contributed by atoms with Crippen molar-refractivity contribution < 1.29 is 14.7 Å². The summed E-state index contributed by atoms with van der Waals surface area (Å²) in [6, 6.07) is -0.862. The number of aliphatic carboxylic acids is 1. The van der Waals surface area contributed by atoms with E-state index in [9.17, 15) is 9.59 Å². The standard InChI is InChI=1S/C12H18N2O3S/c1-6(2)5-9(12(16)17)14-11(15)10-7(3)18-8(4)13-10/h6,9H,5H2,1-4H3,(H,14,15)(H,16,17)/t9-/m0/s1. The quantitative estimate of drug-likeness (QED) is 0.857. The number of carboxylic acid groups (broad SMARTS) is 1. The first kappa shape index (κ1) is 14.6. The predicted molar refractivity (Wildman–Crippen MR) is 69.9 cm³/mol. The lowest BCUT2D eigenvalue weighted by Crippen LogP contribution is -2.42. The molecule has 0 saturated carbocycles. The first-order chi connectivity index (χ1) is 8.31. The van der Waals surface area contributed by atoms with Gasteiger partial charge in [-0.15, -0.1) is 11.3 Å². The van der Waals surface area contributed by atoms with Gasteiger partial charge in [0.25, 0.3) is 5.91 Å². The average Bonchev–Trinajstić information content (AvgIpc) is 2.56. The second kappa shape index (κ2) is 5.95. The molecule has 0 aliphatic carbocycles. The summed E-state index contributed by atoms with van der Waals surface area (Å²) >= 11 is 1.43. The summed E-state index contributed by atoms with van der Waals surface area (Å²) in [5, 5.41) is 12.4. The third-order valence-electron chi connectivity index (χ3n) is 2.43. The fourth-order valence-electron chi connectivity index (χ4n) is 1.66. The van der Waals surface area contributed by atoms with Gasteiger partial charge in [0.05, 0.1) is 5.01 Å². The summed E-state index contributed by atoms with van der Waals surface area (Å²) in [7, 11) is 0. The summed E-state index contributed by atoms with van der Waals surface area (Å²) in [6.07, 6.45) is 0.406. The lowest BCUT2D eigenvalue weighted by Gasteiger charge is -2.15. The summed E-state index contributed by atoms with van der Waals surface area (Å²) in [5.74, 6) is -1.23. The van der Waals surface area contributed by atoms with Gasteiger partial charge in [-0.2, -0.15) is 0 Å². The Balaban J connectivity index is 2.78. The van der Waals surface area contributed by atoms with Gasteiger partial charge in [0.1, 0.15) is 11.7 Å². The Morgan fingerprint density at radius 2 is 2.00 bits per heavy atom. The molecule has 1 amide bonds. The van der Waals surface area contributed by atoms with Crippen molar-refractivity contribution in [2.75, 3.05) is 0 Å². The molecule has 1 heterocycles. The second-order valence-corrected chi connectivity index (χ2v) is 6.04. The van der Waals surface area contributed by atoms with Crippen LogP contribution in [0, 0.1) is 19.8 Å². The zero-order valence-corrected chi connectivity index (χ0v) is 11.8. The van der Waals surface area contributed by atoms with Crippen LogP contribution in [0.25, 0.3) is 0 Å². The van der Waals surface area contributed by atoms with Crippen molar-refractivity contribution in [1.29, 1.82) is 0 Å². The van der Waals surface area contributed by atoms with Gasteiger partial charge in [-0.25, -0.2) is 9.78 Å². The number of hydrogen-bond donors (Lipinski definition) is 2. The van der Waals surface area contributed by atoms with E-state index < -0.39 is 17.9 Å². The number of carbonyl (C=O) groups is 2. The van der Waals surface area contributed by atoms with Gasteiger partial charge in [-0.1, -0.05) is 13.8 Å². The average molecular weight is 270 g/mol. The van der Waals surface area contributed by atoms with Gasteiger partial charge < -0.3 is 10.4 Å². The third-order valence-corrected chi connectivity index (χ3v) is 3.32. The second-order valence-electron chi connectivity index (χ2n) is 4.63. The topological polar surface area (TPSA) is 79.3 Å². The number of hydrogen-bond acceptors (Lipinski definition) is 4. The van der Waals surface area contributed by atoms with E-state index in [0.717, 1.165) is 9.88 Å². The Morgan fingerprint density at radius 3 is 2.39 bits per heavy atom. The molecule has 2 N–H and O–H groups in total. The predicted octanol–water partition coefficient (Wildman–Crippen LogP) is 1.99. The molecule has 0 saturated heterocycles. The molecule has 0 unspecified atom stereocenters. The van der Waals surface area contributed by atoms with Gasteiger partial charge in [0.2, 0.25) is 0 Å². The molecular weight excluding hydrogens is 252 g/mol. The minimum Gasteiger partial charge on any atom is -0.480 e. The number of carboxylic acids is 1. The molecule has 1 atom stereocenters. The number of aryl methyl sites for hydroxylation is 2. The molecule has 6 heteroatoms. The molecule has 0 radical (unpaired) electrons. The van der Waals surface area contributed by atoms with Crippen molar-refractivity contribution in [3.05, 3.63) is 15.6 Å². The SMILES string of the molecule is Cc1nc(C(=O)N[C@@H](CC(C)C)C(=O)O)c(C)s1. The largest absolute Gasteiger partial charge is 0.480 e. The molecule has 1 rings (SSSR count). The maximum absolute atomic E-state index is 11.9. The Morgan fingerprint density at radius 1 is 1.39 bits per heavy atom. The van der Waals surface area contributed by atoms with Crippen LogP contribution in [0.1, 0.15) is 40.6 Å². The van der Waals surface area contributed by atoms with Crippen LogP contribution in [0.2, 0.25) is 0 Å². The normalized spacial score (nSPS) is 12.5. The van der Waals surface area contributed by atoms with Crippen molar-refractivity contribution in [3.63, 3.8) is 0 Å². The molecule has 0 bridgehead atoms. The smallest absolute Gasteiger partial charge is 0.326 e. The highest BCUT2D eigenvalue weighted by Crippen LogP contribution is 2.16. The highest BCUT2D eigenvalue weighted by atomic mass is 32.1. The molecule has 0 aromatic carbocycles. The molecule has 5 nitrogen and oxygen atoms in total. The maximum atomic E-state index is 11.9. The van der Waals surface area contributed by atoms with E-state index in [1.165, 1.54) is 11.3 Å². The monoisotopic (exact) mass is 270 g/mol. The van der Waals surface area contributed by atoms with E-state index in [1.54, 1.807) is 6.92 Å². The van der Waals surface area contributed by atoms with Crippen LogP contribution in [0.15, 0.2) is 0 Å². The number of amides is 1. The molecule has 1 aromatic heterocycles. The zero-order chi connectivity index (χ0) is 13.9. The summed E-state index contributed by atoms with van der Waals surface area (Å²) in [4.78, 5) is 27.9. The van der Waals surface area contributed by atoms with Crippen LogP contribution in [-0.4, -0.2) is 28.0 Å². The number of carbonyl (C=O) groups excluding carboxylic acids is 1. The highest BCUT2D eigenvalue weighted by molar-refractivity contribution is 7.11. The molecule has 100 valence electrons. The number of nitrogens with one attached hydrogen (secondary N) is 1. The molecule has 1 aromatic rings. The van der Waals surface area contributed by atoms with Crippen molar-refractivity contribution in [2.45, 2.75) is 40.2 Å². The highest BCUT2D eigenvalue weighted by Gasteiger charge is 2.23. The molecule has 0 aliphatic heterocycles. The number of nitrogens with zero attached hydrogens (tertiary/aromatic N) is 1. The van der Waals surface area contributed by atoms with Gasteiger partial charge in [0, 0.05) is 4.88 Å². The van der Waals surface area contributed by atoms with Gasteiger partial charge in [0.15, 0.2) is 0 Å². The van der Waals surface area contributed by atoms with Crippen LogP contribution in [0.3, 0.4) is 0 Å². The number of thiazole rings is 1. The lowest BCUT2D eigenvalue weighted by molar-refractivity contribution is -0.139. The minimum atomic E-state index is -1.01. The number of aromatic nitrogens is 1. The molecule has 0 fully saturated rings. The zero-order valence-electron chi connectivity index (χ0n) is 11.0. The van der Waals surface area contributed by atoms with Crippen LogP contribution in [-0.2, 0) is 4.79 Å². The van der Waals surface area contributed by atoms with Crippen LogP contribution >= 0.6 is 11.3 Å². The molecular formula is C12H18N2O3S. The Hall–Kier alpha value is -1.43. The van der Waals surface area contributed by atoms with E-state index in [0.29, 0.717) is 12.1 Å². The van der Waals surface area contributed by atoms with Crippen LogP contribution in [0.4, 0.5) is 0 Å². The van der Waals surface area contributed by atoms with E-state index in [4.69, 9.17) is 5.11 Å². The van der Waals surface area contributed by atoms with Crippen LogP contribution < -0.4 is 5.32 Å². The molecule has 18 heavy (non-hydrogen) atoms. The first-order valence-corrected chi connectivity index (χ1v) is 6.60. The molecule has 0 spiro atoms. The van der Waals surface area contributed by atoms with E-state index in [1.807, 2.05) is 20.8 Å². The first-order valence-electron chi connectivity index (χ1n) is 5.79. The maximum Gasteiger partial charge on any atom is 0.326 e. The van der Waals surface area contributed by atoms with Crippen molar-refractivity contribution >= 4 is 23.2 Å². The van der Waals surface area contributed by atoms with Crippen molar-refractivity contribution in [2.24, 2.45) is 5.92 Å². The fourth-order valence-corrected chi connectivity index (χ4v) is 2.47. The van der Waals surface area contributed by atoms with Gasteiger partial charge in [-0.05, 0) is 26.2 Å². The number of rotatable bonds is 5. The van der Waals surface area contributed by atoms with E-state index in [-0.39, 0.29) is 5.92 Å². The Bertz CT molecular complexity index is 454. The van der Waals surface area contributed by atoms with Gasteiger partial charge in [-0.3, -0.25) is 4.79 Å². The summed E-state index contributed by atoms with van der Waals surface area (Å²) < 4.78 is 0. The molecule has 0 aliphatic rings. The van der Waals surface area contributed by atoms with Crippen LogP contribution in [0.5, 0.6) is 0 Å². The minimum absolute atomic E-state index is 0.199. The lowest BCUT2D eigenvalue weighted by atomic mass is 10.0.